The van der Waals surface area contributed by atoms with Crippen LogP contribution in [0.25, 0.3) is 0 Å². The van der Waals surface area contributed by atoms with Crippen molar-refractivity contribution >= 4 is 0 Å². The van der Waals surface area contributed by atoms with Crippen molar-refractivity contribution in [2.24, 2.45) is 5.92 Å². The van der Waals surface area contributed by atoms with Gasteiger partial charge in [-0.05, 0) is 25.2 Å². The van der Waals surface area contributed by atoms with E-state index in [1.165, 1.54) is 25.7 Å². The number of hydrogen-bond acceptors (Lipinski definition) is 2. The van der Waals surface area contributed by atoms with E-state index in [1.807, 2.05) is 0 Å². The first-order chi connectivity index (χ1) is 6.72. The Morgan fingerprint density at radius 2 is 2.21 bits per heavy atom. The van der Waals surface area contributed by atoms with Crippen molar-refractivity contribution in [1.29, 1.82) is 0 Å². The lowest BCUT2D eigenvalue weighted by atomic mass is 9.89. The van der Waals surface area contributed by atoms with E-state index in [1.54, 1.807) is 0 Å². The molecule has 0 amide bonds. The summed E-state index contributed by atoms with van der Waals surface area (Å²) in [5.41, 5.74) is 0. The molecule has 0 aliphatic heterocycles. The van der Waals surface area contributed by atoms with Crippen LogP contribution < -0.4 is 0 Å². The summed E-state index contributed by atoms with van der Waals surface area (Å²) in [5, 5.41) is 9.52. The van der Waals surface area contributed by atoms with Crippen LogP contribution in [0.2, 0.25) is 0 Å². The molecule has 0 aromatic heterocycles. The minimum Gasteiger partial charge on any atom is -0.391 e. The molecular weight excluding hydrogens is 176 g/mol. The van der Waals surface area contributed by atoms with E-state index in [4.69, 9.17) is 4.74 Å². The van der Waals surface area contributed by atoms with Gasteiger partial charge in [0.1, 0.15) is 0 Å². The van der Waals surface area contributed by atoms with Crippen LogP contribution in [0.5, 0.6) is 0 Å². The lowest BCUT2D eigenvalue weighted by Gasteiger charge is -2.27. The summed E-state index contributed by atoms with van der Waals surface area (Å²) < 4.78 is 5.72. The number of ether oxygens (including phenoxy) is 1. The molecule has 0 saturated heterocycles. The summed E-state index contributed by atoms with van der Waals surface area (Å²) >= 11 is 0. The highest BCUT2D eigenvalue weighted by molar-refractivity contribution is 4.71. The molecule has 1 aliphatic rings. The molecule has 0 radical (unpaired) electrons. The lowest BCUT2D eigenvalue weighted by Crippen LogP contribution is -2.26. The van der Waals surface area contributed by atoms with Gasteiger partial charge in [0.2, 0.25) is 0 Å². The molecule has 0 spiro atoms. The second kappa shape index (κ2) is 6.41. The van der Waals surface area contributed by atoms with Crippen LogP contribution in [0.4, 0.5) is 0 Å². The Hall–Kier alpha value is -0.0800. The summed E-state index contributed by atoms with van der Waals surface area (Å²) in [6.07, 6.45) is 7.05. The summed E-state index contributed by atoms with van der Waals surface area (Å²) in [5.74, 6) is 0.803. The van der Waals surface area contributed by atoms with Gasteiger partial charge >= 0.3 is 0 Å². The molecule has 1 rings (SSSR count). The van der Waals surface area contributed by atoms with Crippen LogP contribution in [0.1, 0.15) is 52.4 Å². The standard InChI is InChI=1S/C12H24O2/c1-3-5-11(13)9-14-12-7-4-6-10(2)8-12/h10-13H,3-9H2,1-2H3. The Morgan fingerprint density at radius 1 is 1.43 bits per heavy atom. The first-order valence-electron chi connectivity index (χ1n) is 6.02. The third-order valence-electron chi connectivity index (χ3n) is 3.03. The van der Waals surface area contributed by atoms with Gasteiger partial charge in [0, 0.05) is 0 Å². The third-order valence-corrected chi connectivity index (χ3v) is 3.03. The van der Waals surface area contributed by atoms with E-state index < -0.39 is 0 Å². The molecule has 1 N–H and O–H groups in total. The molecule has 0 aromatic rings. The minimum absolute atomic E-state index is 0.253. The van der Waals surface area contributed by atoms with Crippen molar-refractivity contribution in [2.75, 3.05) is 6.61 Å². The summed E-state index contributed by atoms with van der Waals surface area (Å²) in [6.45, 7) is 4.91. The average molecular weight is 200 g/mol. The van der Waals surface area contributed by atoms with Gasteiger partial charge in [-0.1, -0.05) is 33.1 Å². The van der Waals surface area contributed by atoms with E-state index in [0.29, 0.717) is 12.7 Å². The Balaban J connectivity index is 2.10. The number of aliphatic hydroxyl groups excluding tert-OH is 1. The maximum Gasteiger partial charge on any atom is 0.0773 e. The normalized spacial score (nSPS) is 30.2. The highest BCUT2D eigenvalue weighted by Gasteiger charge is 2.19. The van der Waals surface area contributed by atoms with E-state index in [9.17, 15) is 5.11 Å². The van der Waals surface area contributed by atoms with Crippen molar-refractivity contribution in [3.63, 3.8) is 0 Å². The topological polar surface area (TPSA) is 29.5 Å². The van der Waals surface area contributed by atoms with Gasteiger partial charge in [-0.3, -0.25) is 0 Å². The number of rotatable bonds is 5. The smallest absolute Gasteiger partial charge is 0.0773 e. The highest BCUT2D eigenvalue weighted by Crippen LogP contribution is 2.25. The molecule has 1 aliphatic carbocycles. The summed E-state index contributed by atoms with van der Waals surface area (Å²) in [7, 11) is 0. The van der Waals surface area contributed by atoms with Crippen LogP contribution in [-0.4, -0.2) is 23.9 Å². The molecule has 84 valence electrons. The Kier molecular flexibility index (Phi) is 5.49. The Morgan fingerprint density at radius 3 is 2.86 bits per heavy atom. The van der Waals surface area contributed by atoms with Gasteiger partial charge < -0.3 is 9.84 Å². The van der Waals surface area contributed by atoms with Crippen molar-refractivity contribution < 1.29 is 9.84 Å². The number of hydrogen-bond donors (Lipinski definition) is 1. The molecule has 3 atom stereocenters. The fourth-order valence-corrected chi connectivity index (χ4v) is 2.19. The van der Waals surface area contributed by atoms with E-state index in [-0.39, 0.29) is 6.10 Å². The van der Waals surface area contributed by atoms with Crippen LogP contribution >= 0.6 is 0 Å². The largest absolute Gasteiger partial charge is 0.391 e. The Labute approximate surface area is 87.7 Å². The first kappa shape index (κ1) is 12.0. The van der Waals surface area contributed by atoms with Gasteiger partial charge in [0.05, 0.1) is 18.8 Å². The average Bonchev–Trinajstić information content (AvgIpc) is 2.15. The highest BCUT2D eigenvalue weighted by atomic mass is 16.5. The predicted octanol–water partition coefficient (Wildman–Crippen LogP) is 2.74. The minimum atomic E-state index is -0.253. The molecule has 0 bridgehead atoms. The zero-order chi connectivity index (χ0) is 10.4. The van der Waals surface area contributed by atoms with Crippen LogP contribution in [0.15, 0.2) is 0 Å². The first-order valence-corrected chi connectivity index (χ1v) is 6.02. The van der Waals surface area contributed by atoms with Gasteiger partial charge in [-0.25, -0.2) is 0 Å². The third kappa shape index (κ3) is 4.43. The molecule has 0 aromatic carbocycles. The van der Waals surface area contributed by atoms with Crippen molar-refractivity contribution in [3.05, 3.63) is 0 Å². The predicted molar refractivity (Wildman–Crippen MR) is 58.3 cm³/mol. The van der Waals surface area contributed by atoms with E-state index in [0.717, 1.165) is 18.8 Å². The monoisotopic (exact) mass is 200 g/mol. The van der Waals surface area contributed by atoms with Crippen LogP contribution in [0.3, 0.4) is 0 Å². The van der Waals surface area contributed by atoms with E-state index >= 15 is 0 Å². The van der Waals surface area contributed by atoms with Crippen LogP contribution in [0, 0.1) is 5.92 Å². The number of aliphatic hydroxyl groups is 1. The second-order valence-corrected chi connectivity index (χ2v) is 4.67. The molecule has 0 heterocycles. The summed E-state index contributed by atoms with van der Waals surface area (Å²) in [4.78, 5) is 0. The Bertz CT molecular complexity index is 147. The molecular formula is C12H24O2. The fraction of sp³-hybridized carbons (Fsp3) is 1.00. The van der Waals surface area contributed by atoms with Gasteiger partial charge in [-0.15, -0.1) is 0 Å². The van der Waals surface area contributed by atoms with Crippen molar-refractivity contribution in [1.82, 2.24) is 0 Å². The van der Waals surface area contributed by atoms with Crippen molar-refractivity contribution in [2.45, 2.75) is 64.6 Å². The maximum atomic E-state index is 9.52. The molecule has 14 heavy (non-hydrogen) atoms. The molecule has 2 nitrogen and oxygen atoms in total. The quantitative estimate of drug-likeness (QED) is 0.739. The zero-order valence-electron chi connectivity index (χ0n) is 9.54. The zero-order valence-corrected chi connectivity index (χ0v) is 9.54. The molecule has 1 saturated carbocycles. The van der Waals surface area contributed by atoms with E-state index in [2.05, 4.69) is 13.8 Å². The van der Waals surface area contributed by atoms with Crippen molar-refractivity contribution in [3.8, 4) is 0 Å². The molecule has 3 unspecified atom stereocenters. The SMILES string of the molecule is CCCC(O)COC1CCCC(C)C1. The maximum absolute atomic E-state index is 9.52. The van der Waals surface area contributed by atoms with Crippen LogP contribution in [-0.2, 0) is 4.74 Å². The second-order valence-electron chi connectivity index (χ2n) is 4.67. The lowest BCUT2D eigenvalue weighted by molar-refractivity contribution is -0.0334. The van der Waals surface area contributed by atoms with Gasteiger partial charge in [0.15, 0.2) is 0 Å². The summed E-state index contributed by atoms with van der Waals surface area (Å²) in [6, 6.07) is 0. The molecule has 2 heteroatoms. The molecule has 1 fully saturated rings. The fourth-order valence-electron chi connectivity index (χ4n) is 2.19. The van der Waals surface area contributed by atoms with Gasteiger partial charge in [0.25, 0.3) is 0 Å². The van der Waals surface area contributed by atoms with Gasteiger partial charge in [-0.2, -0.15) is 0 Å².